The third-order valence-electron chi connectivity index (χ3n) is 4.87. The van der Waals surface area contributed by atoms with E-state index in [9.17, 15) is 5.26 Å². The van der Waals surface area contributed by atoms with E-state index in [1.54, 1.807) is 6.33 Å². The first kappa shape index (κ1) is 15.8. The summed E-state index contributed by atoms with van der Waals surface area (Å²) < 4.78 is 5.41. The molecule has 0 aliphatic carbocycles. The van der Waals surface area contributed by atoms with Crippen LogP contribution in [0.1, 0.15) is 22.4 Å². The van der Waals surface area contributed by atoms with Crippen LogP contribution in [-0.4, -0.2) is 47.8 Å². The highest BCUT2D eigenvalue weighted by molar-refractivity contribution is 5.54. The quantitative estimate of drug-likeness (QED) is 0.821. The minimum atomic E-state index is 0.719. The number of nitrogens with zero attached hydrogens (tertiary/aromatic N) is 6. The third-order valence-corrected chi connectivity index (χ3v) is 4.87. The summed E-state index contributed by atoms with van der Waals surface area (Å²) in [6, 6.07) is 4.35. The zero-order chi connectivity index (χ0) is 17.2. The SMILES string of the molecule is Cc1ncc2c(c1C#N)CCN(c1cc(N3CCOCC3)ncn1)C2. The van der Waals surface area contributed by atoms with Gasteiger partial charge in [-0.05, 0) is 24.5 Å². The maximum Gasteiger partial charge on any atom is 0.134 e. The van der Waals surface area contributed by atoms with Crippen LogP contribution in [0.15, 0.2) is 18.6 Å². The van der Waals surface area contributed by atoms with Crippen LogP contribution in [0.2, 0.25) is 0 Å². The summed E-state index contributed by atoms with van der Waals surface area (Å²) >= 11 is 0. The average molecular weight is 336 g/mol. The fourth-order valence-electron chi connectivity index (χ4n) is 3.47. The topological polar surface area (TPSA) is 78.2 Å². The Morgan fingerprint density at radius 1 is 1.08 bits per heavy atom. The Hall–Kier alpha value is -2.72. The maximum atomic E-state index is 9.40. The number of pyridine rings is 1. The molecule has 0 bridgehead atoms. The Labute approximate surface area is 146 Å². The van der Waals surface area contributed by atoms with Crippen molar-refractivity contribution < 1.29 is 4.74 Å². The van der Waals surface area contributed by atoms with E-state index in [1.807, 2.05) is 19.2 Å². The van der Waals surface area contributed by atoms with Crippen molar-refractivity contribution in [1.29, 1.82) is 5.26 Å². The Balaban J connectivity index is 1.59. The zero-order valence-corrected chi connectivity index (χ0v) is 14.3. The predicted octanol–water partition coefficient (Wildman–Crippen LogP) is 1.45. The molecule has 7 nitrogen and oxygen atoms in total. The van der Waals surface area contributed by atoms with Crippen molar-refractivity contribution in [2.24, 2.45) is 0 Å². The molecule has 0 unspecified atom stereocenters. The van der Waals surface area contributed by atoms with E-state index in [0.29, 0.717) is 0 Å². The van der Waals surface area contributed by atoms with E-state index >= 15 is 0 Å². The minimum Gasteiger partial charge on any atom is -0.378 e. The third kappa shape index (κ3) is 3.01. The molecule has 128 valence electrons. The molecule has 0 amide bonds. The lowest BCUT2D eigenvalue weighted by atomic mass is 9.96. The Morgan fingerprint density at radius 2 is 1.84 bits per heavy atom. The van der Waals surface area contributed by atoms with Crippen LogP contribution in [0.5, 0.6) is 0 Å². The van der Waals surface area contributed by atoms with Crippen LogP contribution in [0.25, 0.3) is 0 Å². The van der Waals surface area contributed by atoms with Crippen molar-refractivity contribution in [2.45, 2.75) is 19.9 Å². The molecule has 0 N–H and O–H groups in total. The van der Waals surface area contributed by atoms with Crippen LogP contribution in [0.3, 0.4) is 0 Å². The van der Waals surface area contributed by atoms with Crippen LogP contribution < -0.4 is 9.80 Å². The van der Waals surface area contributed by atoms with Gasteiger partial charge in [-0.2, -0.15) is 5.26 Å². The first-order chi connectivity index (χ1) is 12.3. The van der Waals surface area contributed by atoms with Crippen LogP contribution >= 0.6 is 0 Å². The lowest BCUT2D eigenvalue weighted by Crippen LogP contribution is -2.37. The van der Waals surface area contributed by atoms with Crippen molar-refractivity contribution >= 4 is 11.6 Å². The van der Waals surface area contributed by atoms with Crippen molar-refractivity contribution in [2.75, 3.05) is 42.6 Å². The standard InChI is InChI=1S/C18H20N6O/c1-13-16(9-19)15-2-3-24(11-14(15)10-20-13)18-8-17(21-12-22-18)23-4-6-25-7-5-23/h8,10,12H,2-7,11H2,1H3. The Kier molecular flexibility index (Phi) is 4.20. The number of hydrogen-bond donors (Lipinski definition) is 0. The molecule has 1 saturated heterocycles. The summed E-state index contributed by atoms with van der Waals surface area (Å²) in [5.74, 6) is 1.86. The highest BCUT2D eigenvalue weighted by Gasteiger charge is 2.22. The van der Waals surface area contributed by atoms with E-state index < -0.39 is 0 Å². The molecule has 0 spiro atoms. The average Bonchev–Trinajstić information content (AvgIpc) is 2.68. The summed E-state index contributed by atoms with van der Waals surface area (Å²) in [7, 11) is 0. The number of fused-ring (bicyclic) bond motifs is 1. The number of rotatable bonds is 2. The molecule has 0 saturated carbocycles. The monoisotopic (exact) mass is 336 g/mol. The molecular weight excluding hydrogens is 316 g/mol. The summed E-state index contributed by atoms with van der Waals surface area (Å²) in [4.78, 5) is 17.7. The summed E-state index contributed by atoms with van der Waals surface area (Å²) in [6.07, 6.45) is 4.35. The number of anilines is 2. The number of ether oxygens (including phenoxy) is 1. The molecule has 2 aliphatic heterocycles. The van der Waals surface area contributed by atoms with Gasteiger partial charge in [-0.3, -0.25) is 4.98 Å². The van der Waals surface area contributed by atoms with Crippen LogP contribution in [0, 0.1) is 18.3 Å². The molecular formula is C18H20N6O. The van der Waals surface area contributed by atoms with Gasteiger partial charge < -0.3 is 14.5 Å². The van der Waals surface area contributed by atoms with Crippen molar-refractivity contribution in [1.82, 2.24) is 15.0 Å². The number of nitriles is 1. The summed E-state index contributed by atoms with van der Waals surface area (Å²) in [6.45, 7) is 6.63. The molecule has 7 heteroatoms. The van der Waals surface area contributed by atoms with E-state index in [-0.39, 0.29) is 0 Å². The number of hydrogen-bond acceptors (Lipinski definition) is 7. The second-order valence-electron chi connectivity index (χ2n) is 6.34. The van der Waals surface area contributed by atoms with Crippen molar-refractivity contribution in [3.05, 3.63) is 41.0 Å². The normalized spacial score (nSPS) is 17.1. The van der Waals surface area contributed by atoms with Crippen molar-refractivity contribution in [3.63, 3.8) is 0 Å². The molecule has 0 aromatic carbocycles. The summed E-state index contributed by atoms with van der Waals surface area (Å²) in [5.41, 5.74) is 3.79. The van der Waals surface area contributed by atoms with Crippen LogP contribution in [-0.2, 0) is 17.7 Å². The molecule has 2 aromatic rings. The number of morpholine rings is 1. The molecule has 4 heterocycles. The van der Waals surface area contributed by atoms with Gasteiger partial charge in [0.05, 0.1) is 24.5 Å². The maximum absolute atomic E-state index is 9.40. The second kappa shape index (κ2) is 6.65. The Morgan fingerprint density at radius 3 is 2.60 bits per heavy atom. The van der Waals surface area contributed by atoms with E-state index in [0.717, 1.165) is 79.8 Å². The van der Waals surface area contributed by atoms with Crippen LogP contribution in [0.4, 0.5) is 11.6 Å². The molecule has 2 aliphatic rings. The fraction of sp³-hybridized carbons (Fsp3) is 0.444. The van der Waals surface area contributed by atoms with E-state index in [1.165, 1.54) is 0 Å². The molecule has 2 aromatic heterocycles. The molecule has 1 fully saturated rings. The van der Waals surface area contributed by atoms with Gasteiger partial charge in [0.25, 0.3) is 0 Å². The first-order valence-corrected chi connectivity index (χ1v) is 8.53. The van der Waals surface area contributed by atoms with Gasteiger partial charge in [0.15, 0.2) is 0 Å². The lowest BCUT2D eigenvalue weighted by molar-refractivity contribution is 0.122. The van der Waals surface area contributed by atoms with E-state index in [2.05, 4.69) is 30.8 Å². The molecule has 4 rings (SSSR count). The number of aromatic nitrogens is 3. The van der Waals surface area contributed by atoms with Crippen molar-refractivity contribution in [3.8, 4) is 6.07 Å². The minimum absolute atomic E-state index is 0.719. The highest BCUT2D eigenvalue weighted by atomic mass is 16.5. The zero-order valence-electron chi connectivity index (χ0n) is 14.3. The van der Waals surface area contributed by atoms with Gasteiger partial charge in [0.1, 0.15) is 24.0 Å². The summed E-state index contributed by atoms with van der Waals surface area (Å²) in [5, 5.41) is 9.40. The fourth-order valence-corrected chi connectivity index (χ4v) is 3.47. The molecule has 0 atom stereocenters. The smallest absolute Gasteiger partial charge is 0.134 e. The lowest BCUT2D eigenvalue weighted by Gasteiger charge is -2.32. The molecule has 0 radical (unpaired) electrons. The van der Waals surface area contributed by atoms with Gasteiger partial charge in [-0.15, -0.1) is 0 Å². The van der Waals surface area contributed by atoms with Gasteiger partial charge >= 0.3 is 0 Å². The first-order valence-electron chi connectivity index (χ1n) is 8.53. The highest BCUT2D eigenvalue weighted by Crippen LogP contribution is 2.27. The van der Waals surface area contributed by atoms with Gasteiger partial charge in [-0.25, -0.2) is 9.97 Å². The number of aryl methyl sites for hydroxylation is 1. The van der Waals surface area contributed by atoms with Gasteiger partial charge in [-0.1, -0.05) is 0 Å². The Bertz CT molecular complexity index is 825. The largest absolute Gasteiger partial charge is 0.378 e. The molecule has 25 heavy (non-hydrogen) atoms. The predicted molar refractivity (Wildman–Crippen MR) is 93.5 cm³/mol. The van der Waals surface area contributed by atoms with Gasteiger partial charge in [0.2, 0.25) is 0 Å². The second-order valence-corrected chi connectivity index (χ2v) is 6.34. The van der Waals surface area contributed by atoms with Gasteiger partial charge in [0, 0.05) is 38.4 Å². The van der Waals surface area contributed by atoms with E-state index in [4.69, 9.17) is 4.74 Å².